The molecule has 0 saturated carbocycles. The largest absolute Gasteiger partial charge is 0.616 e. The fraction of sp³-hybridized carbons (Fsp3) is 0.875. The van der Waals surface area contributed by atoms with Crippen molar-refractivity contribution in [2.24, 2.45) is 23.2 Å². The van der Waals surface area contributed by atoms with Crippen molar-refractivity contribution in [3.8, 4) is 0 Å². The molecule has 4 nitrogen and oxygen atoms in total. The van der Waals surface area contributed by atoms with E-state index in [0.29, 0.717) is 12.4 Å². The summed E-state index contributed by atoms with van der Waals surface area (Å²) in [6.07, 6.45) is 0.911. The van der Waals surface area contributed by atoms with Crippen LogP contribution in [-0.4, -0.2) is 47.2 Å². The standard InChI is InChI=1S/C16H29NO3S3Si/c1-16(2,3)11(8-20-24(4)5)12-13(18)17-14(12)22-15(21)10-6-7-23(19)9-10/h10-12,14,24H,6-9H2,1-5H3,(H,17,18)/t10?,11-,12+,14-,23?/m1/s1. The summed E-state index contributed by atoms with van der Waals surface area (Å²) in [7, 11) is -1.12. The molecule has 138 valence electrons. The first-order valence-electron chi connectivity index (χ1n) is 8.57. The molecule has 0 spiro atoms. The number of amides is 1. The quantitative estimate of drug-likeness (QED) is 0.317. The van der Waals surface area contributed by atoms with Gasteiger partial charge in [-0.05, 0) is 18.5 Å². The first-order chi connectivity index (χ1) is 11.1. The smallest absolute Gasteiger partial charge is 0.227 e. The summed E-state index contributed by atoms with van der Waals surface area (Å²) < 4.78 is 18.5. The monoisotopic (exact) mass is 407 g/mol. The van der Waals surface area contributed by atoms with Gasteiger partial charge < -0.3 is 14.3 Å². The van der Waals surface area contributed by atoms with Gasteiger partial charge in [0.2, 0.25) is 5.91 Å². The third kappa shape index (κ3) is 5.20. The number of thiocarbonyl (C=S) groups is 1. The van der Waals surface area contributed by atoms with Crippen LogP contribution in [0.1, 0.15) is 27.2 Å². The fourth-order valence-corrected chi connectivity index (χ4v) is 7.21. The van der Waals surface area contributed by atoms with Crippen molar-refractivity contribution in [1.82, 2.24) is 5.32 Å². The Balaban J connectivity index is 2.00. The highest BCUT2D eigenvalue weighted by Crippen LogP contribution is 2.42. The van der Waals surface area contributed by atoms with Gasteiger partial charge in [0.25, 0.3) is 0 Å². The average molecular weight is 408 g/mol. The third-order valence-corrected chi connectivity index (χ3v) is 8.90. The van der Waals surface area contributed by atoms with Crippen LogP contribution >= 0.6 is 24.0 Å². The van der Waals surface area contributed by atoms with Crippen LogP contribution in [0.3, 0.4) is 0 Å². The lowest BCUT2D eigenvalue weighted by Crippen LogP contribution is -2.62. The summed E-state index contributed by atoms with van der Waals surface area (Å²) in [6.45, 7) is 11.5. The Morgan fingerprint density at radius 1 is 1.54 bits per heavy atom. The fourth-order valence-electron chi connectivity index (χ4n) is 3.12. The summed E-state index contributed by atoms with van der Waals surface area (Å²) in [6, 6.07) is 0. The van der Waals surface area contributed by atoms with Crippen LogP contribution < -0.4 is 5.32 Å². The van der Waals surface area contributed by atoms with E-state index in [1.54, 1.807) is 11.8 Å². The second-order valence-corrected chi connectivity index (χ2v) is 14.0. The number of thioether (sulfide) groups is 1. The first kappa shape index (κ1) is 20.7. The number of β-lactam (4-membered cyclic amide) rings is 1. The maximum absolute atomic E-state index is 12.3. The normalized spacial score (nSPS) is 31.7. The molecule has 0 aliphatic carbocycles. The zero-order valence-electron chi connectivity index (χ0n) is 15.2. The number of carbonyl (C=O) groups excluding carboxylic acids is 1. The highest BCUT2D eigenvalue weighted by atomic mass is 32.2. The van der Waals surface area contributed by atoms with Crippen LogP contribution in [-0.2, 0) is 20.4 Å². The third-order valence-electron chi connectivity index (χ3n) is 4.73. The van der Waals surface area contributed by atoms with Crippen LogP contribution in [0, 0.1) is 23.2 Å². The van der Waals surface area contributed by atoms with E-state index < -0.39 is 20.2 Å². The summed E-state index contributed by atoms with van der Waals surface area (Å²) >= 11 is 6.45. The lowest BCUT2D eigenvalue weighted by atomic mass is 9.71. The van der Waals surface area contributed by atoms with Gasteiger partial charge >= 0.3 is 0 Å². The number of carbonyl (C=O) groups is 1. The van der Waals surface area contributed by atoms with Gasteiger partial charge in [0.05, 0.1) is 15.5 Å². The predicted molar refractivity (Wildman–Crippen MR) is 109 cm³/mol. The predicted octanol–water partition coefficient (Wildman–Crippen LogP) is 2.55. The van der Waals surface area contributed by atoms with Crippen LogP contribution in [0.4, 0.5) is 0 Å². The van der Waals surface area contributed by atoms with Crippen LogP contribution in [0.15, 0.2) is 0 Å². The summed E-state index contributed by atoms with van der Waals surface area (Å²) in [5.74, 6) is 1.91. The molecule has 1 N–H and O–H groups in total. The maximum atomic E-state index is 12.3. The molecule has 2 heterocycles. The minimum atomic E-state index is -1.12. The van der Waals surface area contributed by atoms with Crippen molar-refractivity contribution in [3.05, 3.63) is 0 Å². The highest BCUT2D eigenvalue weighted by Gasteiger charge is 2.49. The Labute approximate surface area is 160 Å². The Morgan fingerprint density at radius 3 is 2.67 bits per heavy atom. The topological polar surface area (TPSA) is 61.4 Å². The molecule has 0 aromatic heterocycles. The zero-order chi connectivity index (χ0) is 18.1. The summed E-state index contributed by atoms with van der Waals surface area (Å²) in [5, 5.41) is 3.04. The van der Waals surface area contributed by atoms with Crippen molar-refractivity contribution >= 4 is 54.3 Å². The van der Waals surface area contributed by atoms with Crippen LogP contribution in [0.2, 0.25) is 13.1 Å². The molecule has 8 heteroatoms. The molecular formula is C16H29NO3S3Si. The summed E-state index contributed by atoms with van der Waals surface area (Å²) in [4.78, 5) is 12.3. The number of rotatable bonds is 6. The van der Waals surface area contributed by atoms with Gasteiger partial charge in [-0.3, -0.25) is 4.79 Å². The van der Waals surface area contributed by atoms with Gasteiger partial charge in [-0.25, -0.2) is 0 Å². The van der Waals surface area contributed by atoms with E-state index >= 15 is 0 Å². The number of hydrogen-bond acceptors (Lipinski definition) is 5. The molecule has 2 saturated heterocycles. The van der Waals surface area contributed by atoms with E-state index in [1.807, 2.05) is 0 Å². The van der Waals surface area contributed by atoms with Crippen LogP contribution in [0.5, 0.6) is 0 Å². The minimum absolute atomic E-state index is 0.000993. The Bertz CT molecular complexity index is 484. The Hall–Kier alpha value is 0.397. The van der Waals surface area contributed by atoms with Gasteiger partial charge in [-0.15, -0.1) is 0 Å². The molecular weight excluding hydrogens is 378 g/mol. The van der Waals surface area contributed by atoms with Crippen molar-refractivity contribution < 1.29 is 13.8 Å². The van der Waals surface area contributed by atoms with E-state index in [-0.39, 0.29) is 34.4 Å². The van der Waals surface area contributed by atoms with Crippen LogP contribution in [0.25, 0.3) is 0 Å². The minimum Gasteiger partial charge on any atom is -0.616 e. The number of nitrogens with one attached hydrogen (secondary N) is 1. The molecule has 2 aliphatic heterocycles. The molecule has 1 amide bonds. The van der Waals surface area contributed by atoms with Crippen molar-refractivity contribution in [2.45, 2.75) is 45.7 Å². The van der Waals surface area contributed by atoms with Gasteiger partial charge in [0, 0.05) is 24.9 Å². The van der Waals surface area contributed by atoms with Gasteiger partial charge in [0.1, 0.15) is 11.5 Å². The molecule has 0 aromatic carbocycles. The van der Waals surface area contributed by atoms with E-state index in [1.165, 1.54) is 0 Å². The lowest BCUT2D eigenvalue weighted by molar-refractivity contribution is -0.138. The van der Waals surface area contributed by atoms with E-state index in [0.717, 1.165) is 16.4 Å². The molecule has 0 bridgehead atoms. The molecule has 5 atom stereocenters. The van der Waals surface area contributed by atoms with Crippen molar-refractivity contribution in [1.29, 1.82) is 0 Å². The Morgan fingerprint density at radius 2 is 2.21 bits per heavy atom. The van der Waals surface area contributed by atoms with Gasteiger partial charge in [-0.1, -0.05) is 55.9 Å². The van der Waals surface area contributed by atoms with Crippen molar-refractivity contribution in [3.63, 3.8) is 0 Å². The zero-order valence-corrected chi connectivity index (χ0v) is 18.8. The molecule has 2 rings (SSSR count). The molecule has 0 radical (unpaired) electrons. The highest BCUT2D eigenvalue weighted by molar-refractivity contribution is 8.23. The molecule has 0 aromatic rings. The van der Waals surface area contributed by atoms with Gasteiger partial charge in [-0.2, -0.15) is 0 Å². The molecule has 2 aliphatic rings. The molecule has 2 unspecified atom stereocenters. The summed E-state index contributed by atoms with van der Waals surface area (Å²) in [5.41, 5.74) is 0.000993. The van der Waals surface area contributed by atoms with Crippen molar-refractivity contribution in [2.75, 3.05) is 18.1 Å². The van der Waals surface area contributed by atoms with E-state index in [9.17, 15) is 9.35 Å². The van der Waals surface area contributed by atoms with E-state index in [2.05, 4.69) is 39.2 Å². The average Bonchev–Trinajstić information content (AvgIpc) is 2.87. The van der Waals surface area contributed by atoms with E-state index in [4.69, 9.17) is 16.6 Å². The first-order valence-corrected chi connectivity index (χ1v) is 14.1. The molecule has 24 heavy (non-hydrogen) atoms. The second-order valence-electron chi connectivity index (χ2n) is 8.04. The second kappa shape index (κ2) is 8.39. The van der Waals surface area contributed by atoms with Gasteiger partial charge in [0.15, 0.2) is 9.04 Å². The lowest BCUT2D eigenvalue weighted by Gasteiger charge is -2.46. The number of hydrogen-bond donors (Lipinski definition) is 1. The molecule has 2 fully saturated rings. The SMILES string of the molecule is C[SiH](C)OC[C@H]([C@H]1C(=O)N[C@@H]1SC(=S)C1CC[S+]([O-])C1)C(C)(C)C. The Kier molecular flexibility index (Phi) is 7.24. The maximum Gasteiger partial charge on any atom is 0.227 e.